The van der Waals surface area contributed by atoms with E-state index in [4.69, 9.17) is 4.98 Å². The molecule has 7 heteroatoms. The molecule has 0 bridgehead atoms. The molecule has 1 aliphatic rings. The molecule has 0 aliphatic carbocycles. The van der Waals surface area contributed by atoms with Crippen molar-refractivity contribution in [2.24, 2.45) is 0 Å². The van der Waals surface area contributed by atoms with Crippen molar-refractivity contribution in [2.75, 3.05) is 13.1 Å². The zero-order valence-electron chi connectivity index (χ0n) is 17.3. The number of likely N-dealkylation sites (tertiary alicyclic amines) is 1. The van der Waals surface area contributed by atoms with E-state index in [-0.39, 0.29) is 17.6 Å². The summed E-state index contributed by atoms with van der Waals surface area (Å²) in [7, 11) is 0. The molecule has 0 N–H and O–H groups in total. The Kier molecular flexibility index (Phi) is 5.73. The predicted molar refractivity (Wildman–Crippen MR) is 123 cm³/mol. The molecule has 1 fully saturated rings. The van der Waals surface area contributed by atoms with Crippen molar-refractivity contribution in [1.29, 1.82) is 0 Å². The summed E-state index contributed by atoms with van der Waals surface area (Å²) < 4.78 is 14.7. The fourth-order valence-corrected chi connectivity index (χ4v) is 4.81. The van der Waals surface area contributed by atoms with Gasteiger partial charge < -0.3 is 4.90 Å². The number of carbonyl (C=O) groups excluding carboxylic acids is 1. The van der Waals surface area contributed by atoms with E-state index in [9.17, 15) is 9.18 Å². The summed E-state index contributed by atoms with van der Waals surface area (Å²) in [5, 5.41) is 3.79. The molecule has 32 heavy (non-hydrogen) atoms. The standard InChI is InChI=1S/C25H21FN4OS/c26-22-8-2-1-7-20(22)21-14-28-24(17-5-3-10-27-13-17)29-23(21)18-6-4-11-30(15-18)25(31)19-9-12-32-16-19/h1-3,5,7-10,12-14,16,18H,4,6,11,15H2/t18-/m0/s1. The fourth-order valence-electron chi connectivity index (χ4n) is 4.18. The van der Waals surface area contributed by atoms with Crippen LogP contribution >= 0.6 is 11.3 Å². The van der Waals surface area contributed by atoms with Gasteiger partial charge in [-0.3, -0.25) is 9.78 Å². The van der Waals surface area contributed by atoms with Crippen molar-refractivity contribution in [1.82, 2.24) is 19.9 Å². The van der Waals surface area contributed by atoms with E-state index in [1.807, 2.05) is 39.9 Å². The number of pyridine rings is 1. The van der Waals surface area contributed by atoms with Crippen LogP contribution in [-0.2, 0) is 0 Å². The Balaban J connectivity index is 1.56. The number of hydrogen-bond donors (Lipinski definition) is 0. The first-order valence-corrected chi connectivity index (χ1v) is 11.5. The Morgan fingerprint density at radius 3 is 2.78 bits per heavy atom. The molecular formula is C25H21FN4OS. The molecule has 1 atom stereocenters. The van der Waals surface area contributed by atoms with Crippen molar-refractivity contribution in [3.63, 3.8) is 0 Å². The molecule has 0 unspecified atom stereocenters. The second-order valence-electron chi connectivity index (χ2n) is 7.82. The molecule has 1 amide bonds. The Morgan fingerprint density at radius 1 is 1.09 bits per heavy atom. The smallest absolute Gasteiger partial charge is 0.254 e. The number of amides is 1. The number of aromatic nitrogens is 3. The van der Waals surface area contributed by atoms with E-state index >= 15 is 0 Å². The number of hydrogen-bond acceptors (Lipinski definition) is 5. The molecule has 0 radical (unpaired) electrons. The molecule has 4 heterocycles. The molecule has 0 spiro atoms. The van der Waals surface area contributed by atoms with Gasteiger partial charge in [0.15, 0.2) is 5.82 Å². The van der Waals surface area contributed by atoms with Gasteiger partial charge in [-0.2, -0.15) is 11.3 Å². The van der Waals surface area contributed by atoms with Crippen LogP contribution in [0.5, 0.6) is 0 Å². The summed E-state index contributed by atoms with van der Waals surface area (Å²) in [5.41, 5.74) is 3.43. The zero-order valence-corrected chi connectivity index (χ0v) is 18.1. The number of halogens is 1. The first kappa shape index (κ1) is 20.5. The third-order valence-electron chi connectivity index (χ3n) is 5.77. The minimum atomic E-state index is -0.312. The van der Waals surface area contributed by atoms with Gasteiger partial charge in [-0.1, -0.05) is 18.2 Å². The van der Waals surface area contributed by atoms with Gasteiger partial charge in [-0.05, 0) is 42.5 Å². The minimum absolute atomic E-state index is 0.0145. The first-order chi connectivity index (χ1) is 15.7. The van der Waals surface area contributed by atoms with Crippen LogP contribution in [0.25, 0.3) is 22.5 Å². The van der Waals surface area contributed by atoms with Gasteiger partial charge in [0, 0.05) is 59.7 Å². The Morgan fingerprint density at radius 2 is 2.00 bits per heavy atom. The van der Waals surface area contributed by atoms with Crippen molar-refractivity contribution in [3.05, 3.63) is 88.9 Å². The monoisotopic (exact) mass is 444 g/mol. The topological polar surface area (TPSA) is 59.0 Å². The number of benzene rings is 1. The fraction of sp³-hybridized carbons (Fsp3) is 0.200. The number of piperidine rings is 1. The van der Waals surface area contributed by atoms with Crippen LogP contribution in [0.4, 0.5) is 4.39 Å². The van der Waals surface area contributed by atoms with Crippen molar-refractivity contribution in [3.8, 4) is 22.5 Å². The van der Waals surface area contributed by atoms with Gasteiger partial charge in [0.2, 0.25) is 0 Å². The van der Waals surface area contributed by atoms with E-state index in [2.05, 4.69) is 9.97 Å². The van der Waals surface area contributed by atoms with Crippen molar-refractivity contribution < 1.29 is 9.18 Å². The van der Waals surface area contributed by atoms with E-state index in [0.29, 0.717) is 35.6 Å². The molecule has 5 nitrogen and oxygen atoms in total. The lowest BCUT2D eigenvalue weighted by Crippen LogP contribution is -2.39. The third-order valence-corrected chi connectivity index (χ3v) is 6.45. The largest absolute Gasteiger partial charge is 0.338 e. The Hall–Kier alpha value is -3.45. The van der Waals surface area contributed by atoms with Crippen LogP contribution < -0.4 is 0 Å². The van der Waals surface area contributed by atoms with Crippen LogP contribution in [0.15, 0.2) is 71.8 Å². The molecule has 3 aromatic heterocycles. The van der Waals surface area contributed by atoms with E-state index < -0.39 is 0 Å². The average Bonchev–Trinajstić information content (AvgIpc) is 3.39. The van der Waals surface area contributed by atoms with Gasteiger partial charge in [0.25, 0.3) is 5.91 Å². The second-order valence-corrected chi connectivity index (χ2v) is 8.60. The number of nitrogens with zero attached hydrogens (tertiary/aromatic N) is 4. The lowest BCUT2D eigenvalue weighted by atomic mass is 9.89. The summed E-state index contributed by atoms with van der Waals surface area (Å²) in [6.45, 7) is 1.25. The minimum Gasteiger partial charge on any atom is -0.338 e. The highest BCUT2D eigenvalue weighted by molar-refractivity contribution is 7.08. The highest BCUT2D eigenvalue weighted by atomic mass is 32.1. The van der Waals surface area contributed by atoms with Gasteiger partial charge >= 0.3 is 0 Å². The molecule has 1 aliphatic heterocycles. The number of carbonyl (C=O) groups is 1. The van der Waals surface area contributed by atoms with Crippen LogP contribution in [0.2, 0.25) is 0 Å². The lowest BCUT2D eigenvalue weighted by molar-refractivity contribution is 0.0706. The van der Waals surface area contributed by atoms with Gasteiger partial charge in [-0.15, -0.1) is 0 Å². The molecule has 4 aromatic rings. The quantitative estimate of drug-likeness (QED) is 0.421. The maximum absolute atomic E-state index is 14.7. The highest BCUT2D eigenvalue weighted by Gasteiger charge is 2.29. The average molecular weight is 445 g/mol. The van der Waals surface area contributed by atoms with E-state index in [1.54, 1.807) is 30.7 Å². The summed E-state index contributed by atoms with van der Waals surface area (Å²) >= 11 is 1.51. The van der Waals surface area contributed by atoms with Crippen molar-refractivity contribution >= 4 is 17.2 Å². The second kappa shape index (κ2) is 8.96. The third kappa shape index (κ3) is 4.03. The van der Waals surface area contributed by atoms with Crippen LogP contribution in [0.1, 0.15) is 34.8 Å². The summed E-state index contributed by atoms with van der Waals surface area (Å²) in [4.78, 5) is 28.4. The molecular weight excluding hydrogens is 423 g/mol. The molecule has 0 saturated carbocycles. The lowest BCUT2D eigenvalue weighted by Gasteiger charge is -2.33. The van der Waals surface area contributed by atoms with Gasteiger partial charge in [-0.25, -0.2) is 14.4 Å². The maximum atomic E-state index is 14.7. The SMILES string of the molecule is O=C(c1ccsc1)N1CCC[C@H](c2nc(-c3cccnc3)ncc2-c2ccccc2F)C1. The van der Waals surface area contributed by atoms with Crippen molar-refractivity contribution in [2.45, 2.75) is 18.8 Å². The highest BCUT2D eigenvalue weighted by Crippen LogP contribution is 2.35. The number of rotatable bonds is 4. The van der Waals surface area contributed by atoms with E-state index in [1.165, 1.54) is 17.4 Å². The van der Waals surface area contributed by atoms with Gasteiger partial charge in [0.1, 0.15) is 5.82 Å². The Labute approximate surface area is 189 Å². The molecule has 5 rings (SSSR count). The Bertz CT molecular complexity index is 1230. The molecule has 160 valence electrons. The summed E-state index contributed by atoms with van der Waals surface area (Å²) in [6, 6.07) is 12.3. The van der Waals surface area contributed by atoms with Crippen LogP contribution in [-0.4, -0.2) is 38.8 Å². The zero-order chi connectivity index (χ0) is 21.9. The van der Waals surface area contributed by atoms with Crippen LogP contribution in [0, 0.1) is 5.82 Å². The summed E-state index contributed by atoms with van der Waals surface area (Å²) in [5.74, 6) is 0.257. The summed E-state index contributed by atoms with van der Waals surface area (Å²) in [6.07, 6.45) is 6.85. The normalized spacial score (nSPS) is 16.2. The van der Waals surface area contributed by atoms with Gasteiger partial charge in [0.05, 0.1) is 11.3 Å². The van der Waals surface area contributed by atoms with E-state index in [0.717, 1.165) is 24.1 Å². The predicted octanol–water partition coefficient (Wildman–Crippen LogP) is 5.43. The van der Waals surface area contributed by atoms with Crippen LogP contribution in [0.3, 0.4) is 0 Å². The molecule has 1 saturated heterocycles. The maximum Gasteiger partial charge on any atom is 0.254 e. The first-order valence-electron chi connectivity index (χ1n) is 10.5. The number of thiophene rings is 1. The molecule has 1 aromatic carbocycles.